The number of nitrogens with one attached hydrogen (secondary N) is 1. The Hall–Kier alpha value is -0.718. The van der Waals surface area contributed by atoms with Crippen LogP contribution in [-0.4, -0.2) is 64.5 Å². The Morgan fingerprint density at radius 3 is 2.41 bits per heavy atom. The van der Waals surface area contributed by atoms with Crippen molar-refractivity contribution in [2.75, 3.05) is 13.7 Å². The van der Waals surface area contributed by atoms with Crippen LogP contribution < -0.4 is 10.2 Å². The van der Waals surface area contributed by atoms with Crippen molar-refractivity contribution in [1.29, 1.82) is 0 Å². The first-order valence-electron chi connectivity index (χ1n) is 8.76. The van der Waals surface area contributed by atoms with Gasteiger partial charge in [0, 0.05) is 0 Å². The Morgan fingerprint density at radius 2 is 1.93 bits per heavy atom. The van der Waals surface area contributed by atoms with Gasteiger partial charge >= 0.3 is 180 Å². The van der Waals surface area contributed by atoms with Crippen LogP contribution >= 0.6 is 0 Å². The third-order valence-corrected chi connectivity index (χ3v) is 6.41. The number of carbonyl (C=O) groups excluding carboxylic acids is 1. The molecule has 0 saturated carbocycles. The van der Waals surface area contributed by atoms with Gasteiger partial charge in [0.1, 0.15) is 0 Å². The summed E-state index contributed by atoms with van der Waals surface area (Å²) >= 11 is 0.110. The number of ether oxygens (including phenoxy) is 1. The third-order valence-electron chi connectivity index (χ3n) is 4.09. The molecule has 0 aliphatic rings. The van der Waals surface area contributed by atoms with Crippen LogP contribution in [0.3, 0.4) is 0 Å². The number of hydroxylamine groups is 1. The Bertz CT molecular complexity index is 732. The van der Waals surface area contributed by atoms with Crippen LogP contribution in [0.5, 0.6) is 5.75 Å². The number of sulfonamides is 1. The molecule has 27 heavy (non-hydrogen) atoms. The molecule has 1 rings (SSSR count). The van der Waals surface area contributed by atoms with Gasteiger partial charge in [-0.15, -0.1) is 0 Å². The molecule has 1 aromatic rings. The summed E-state index contributed by atoms with van der Waals surface area (Å²) in [4.78, 5) is 12.8. The molecular formula is C18H29N2O5STl. The van der Waals surface area contributed by atoms with Gasteiger partial charge in [0.25, 0.3) is 0 Å². The minimum absolute atomic E-state index is 0.0984. The summed E-state index contributed by atoms with van der Waals surface area (Å²) in [7, 11) is -2.44. The van der Waals surface area contributed by atoms with Crippen molar-refractivity contribution in [3.05, 3.63) is 24.3 Å². The molecule has 1 amide bonds. The van der Waals surface area contributed by atoms with Gasteiger partial charge in [-0.3, -0.25) is 0 Å². The summed E-state index contributed by atoms with van der Waals surface area (Å²) in [5, 5.41) is 0. The molecule has 0 bridgehead atoms. The molecule has 1 aromatic carbocycles. The average Bonchev–Trinajstić information content (AvgIpc) is 2.57. The number of rotatable bonds is 9. The molecule has 0 unspecified atom stereocenters. The summed E-state index contributed by atoms with van der Waals surface area (Å²) in [6, 6.07) is 5.39. The SMILES string of the molecule is COc1cccc(S(=O)(=O)N(CCC(C)C)[C@@H](C(=O)N[O][Tl])C(C)(C)C)c1. The van der Waals surface area contributed by atoms with E-state index in [4.69, 9.17) is 7.52 Å². The van der Waals surface area contributed by atoms with Gasteiger partial charge in [-0.05, 0) is 0 Å². The van der Waals surface area contributed by atoms with Gasteiger partial charge in [0.05, 0.1) is 0 Å². The standard InChI is InChI=1S/C18H29N2O5S.Tl/c1-13(2)10-11-20(16(17(21)19-22)18(3,4)5)26(23,24)15-9-7-8-14(12-15)25-6;/h7-9,12-13,16H,10-11H2,1-6H3,(H-,19,21,22);/q-1;+1/t16-;/m0./s1. The molecule has 0 aliphatic carbocycles. The number of methoxy groups -OCH3 is 1. The van der Waals surface area contributed by atoms with Gasteiger partial charge in [-0.1, -0.05) is 0 Å². The molecule has 1 N–H and O–H groups in total. The number of benzene rings is 1. The van der Waals surface area contributed by atoms with E-state index in [9.17, 15) is 13.2 Å². The molecule has 1 atom stereocenters. The third kappa shape index (κ3) is 6.68. The number of hydrogen-bond acceptors (Lipinski definition) is 5. The van der Waals surface area contributed by atoms with Crippen molar-refractivity contribution >= 4 is 42.2 Å². The maximum absolute atomic E-state index is 13.5. The monoisotopic (exact) mass is 590 g/mol. The zero-order chi connectivity index (χ0) is 20.8. The van der Waals surface area contributed by atoms with Gasteiger partial charge < -0.3 is 0 Å². The van der Waals surface area contributed by atoms with E-state index in [0.29, 0.717) is 12.2 Å². The van der Waals surface area contributed by atoms with Crippen LogP contribution in [0.2, 0.25) is 0 Å². The molecule has 7 nitrogen and oxygen atoms in total. The molecule has 0 radical (unpaired) electrons. The topological polar surface area (TPSA) is 84.9 Å². The average molecular weight is 590 g/mol. The first-order valence-corrected chi connectivity index (χ1v) is 12.0. The van der Waals surface area contributed by atoms with Crippen LogP contribution in [0.15, 0.2) is 29.2 Å². The van der Waals surface area contributed by atoms with Crippen LogP contribution in [0.25, 0.3) is 0 Å². The van der Waals surface area contributed by atoms with Gasteiger partial charge in [-0.25, -0.2) is 0 Å². The number of nitrogens with zero attached hydrogens (tertiary/aromatic N) is 1. The quantitative estimate of drug-likeness (QED) is 0.353. The second-order valence-corrected chi connectivity index (χ2v) is 10.6. The molecule has 150 valence electrons. The normalized spacial score (nSPS) is 13.6. The van der Waals surface area contributed by atoms with E-state index in [-0.39, 0.29) is 43.6 Å². The maximum atomic E-state index is 13.5. The predicted molar refractivity (Wildman–Crippen MR) is 105 cm³/mol. The van der Waals surface area contributed by atoms with Crippen LogP contribution in [0, 0.1) is 11.3 Å². The van der Waals surface area contributed by atoms with Crippen molar-refractivity contribution in [1.82, 2.24) is 9.79 Å². The Morgan fingerprint density at radius 1 is 1.30 bits per heavy atom. The second kappa shape index (κ2) is 10.2. The molecule has 0 saturated heterocycles. The Balaban J connectivity index is 3.49. The van der Waals surface area contributed by atoms with E-state index < -0.39 is 27.4 Å². The van der Waals surface area contributed by atoms with E-state index in [2.05, 4.69) is 5.48 Å². The van der Waals surface area contributed by atoms with Crippen LogP contribution in [0.4, 0.5) is 0 Å². The van der Waals surface area contributed by atoms with E-state index in [1.165, 1.54) is 23.5 Å². The predicted octanol–water partition coefficient (Wildman–Crippen LogP) is 2.28. The fourth-order valence-electron chi connectivity index (χ4n) is 2.74. The molecule has 9 heteroatoms. The Kier molecular flexibility index (Phi) is 9.16. The zero-order valence-electron chi connectivity index (χ0n) is 16.9. The molecule has 0 heterocycles. The first kappa shape index (κ1) is 24.3. The van der Waals surface area contributed by atoms with Crippen molar-refractivity contribution in [3.63, 3.8) is 0 Å². The molecule has 0 spiro atoms. The van der Waals surface area contributed by atoms with Gasteiger partial charge in [-0.2, -0.15) is 0 Å². The first-order chi connectivity index (χ1) is 12.4. The summed E-state index contributed by atoms with van der Waals surface area (Å²) < 4.78 is 38.3. The summed E-state index contributed by atoms with van der Waals surface area (Å²) in [6.07, 6.45) is 0.631. The molecule has 0 fully saturated rings. The fourth-order valence-corrected chi connectivity index (χ4v) is 5.01. The Labute approximate surface area is 179 Å². The van der Waals surface area contributed by atoms with Gasteiger partial charge in [0.15, 0.2) is 0 Å². The van der Waals surface area contributed by atoms with Crippen LogP contribution in [-0.2, 0) is 17.6 Å². The number of hydrogen-bond donors (Lipinski definition) is 1. The molecule has 0 aliphatic heterocycles. The van der Waals surface area contributed by atoms with Gasteiger partial charge in [0.2, 0.25) is 0 Å². The second-order valence-electron chi connectivity index (χ2n) is 7.83. The molecule has 0 aromatic heterocycles. The van der Waals surface area contributed by atoms with Crippen molar-refractivity contribution in [2.24, 2.45) is 11.3 Å². The summed E-state index contributed by atoms with van der Waals surface area (Å²) in [5.74, 6) is 0.272. The van der Waals surface area contributed by atoms with Crippen molar-refractivity contribution in [3.8, 4) is 5.75 Å². The summed E-state index contributed by atoms with van der Waals surface area (Å²) in [6.45, 7) is 9.80. The fraction of sp³-hybridized carbons (Fsp3) is 0.611. The van der Waals surface area contributed by atoms with E-state index >= 15 is 0 Å². The van der Waals surface area contributed by atoms with E-state index in [1.54, 1.807) is 12.1 Å². The number of amides is 1. The number of carbonyl (C=O) groups is 1. The van der Waals surface area contributed by atoms with Crippen molar-refractivity contribution in [2.45, 2.75) is 52.0 Å². The minimum atomic E-state index is -3.92. The van der Waals surface area contributed by atoms with E-state index in [0.717, 1.165) is 0 Å². The summed E-state index contributed by atoms with van der Waals surface area (Å²) in [5.41, 5.74) is 1.74. The van der Waals surface area contributed by atoms with Crippen LogP contribution in [0.1, 0.15) is 41.0 Å². The van der Waals surface area contributed by atoms with E-state index in [1.807, 2.05) is 34.6 Å². The zero-order valence-corrected chi connectivity index (χ0v) is 22.2. The van der Waals surface area contributed by atoms with Crippen molar-refractivity contribution < 1.29 is 20.7 Å². The molecular weight excluding hydrogens is 561 g/mol.